The highest BCUT2D eigenvalue weighted by atomic mass is 32.2. The number of carbonyl (C=O) groups excluding carboxylic acids is 3. The summed E-state index contributed by atoms with van der Waals surface area (Å²) in [6.07, 6.45) is 2.13. The molecule has 3 fully saturated rings. The van der Waals surface area contributed by atoms with Crippen molar-refractivity contribution in [1.82, 2.24) is 45.4 Å². The van der Waals surface area contributed by atoms with Crippen LogP contribution < -0.4 is 26.2 Å². The van der Waals surface area contributed by atoms with Gasteiger partial charge in [-0.15, -0.1) is 16.9 Å². The van der Waals surface area contributed by atoms with Crippen LogP contribution in [-0.2, 0) is 35.9 Å². The minimum absolute atomic E-state index is 0.0432. The van der Waals surface area contributed by atoms with Crippen LogP contribution in [0.1, 0.15) is 26.7 Å². The van der Waals surface area contributed by atoms with Crippen LogP contribution in [0.25, 0.3) is 0 Å². The molecule has 3 amide bonds. The van der Waals surface area contributed by atoms with E-state index in [0.29, 0.717) is 24.3 Å². The molecule has 0 bridgehead atoms. The average Bonchev–Trinajstić information content (AvgIpc) is 3.70. The first kappa shape index (κ1) is 31.3. The first-order valence-corrected chi connectivity index (χ1v) is 16.2. The van der Waals surface area contributed by atoms with E-state index >= 15 is 0 Å². The molecule has 20 heteroatoms. The first-order valence-electron chi connectivity index (χ1n) is 13.8. The number of carboxylic acid groups (broad SMARTS) is 1. The van der Waals surface area contributed by atoms with Crippen molar-refractivity contribution in [1.29, 1.82) is 0 Å². The van der Waals surface area contributed by atoms with E-state index in [9.17, 15) is 32.7 Å². The Bertz CT molecular complexity index is 1420. The van der Waals surface area contributed by atoms with E-state index < -0.39 is 46.3 Å². The molecule has 43 heavy (non-hydrogen) atoms. The van der Waals surface area contributed by atoms with Gasteiger partial charge >= 0.3 is 5.97 Å². The zero-order chi connectivity index (χ0) is 31.2. The van der Waals surface area contributed by atoms with Crippen molar-refractivity contribution in [2.24, 2.45) is 22.7 Å². The first-order chi connectivity index (χ1) is 20.2. The minimum Gasteiger partial charge on any atom is -0.477 e. The molecule has 0 aromatic carbocycles. The summed E-state index contributed by atoms with van der Waals surface area (Å²) in [5.41, 5.74) is 6.00. The predicted molar refractivity (Wildman–Crippen MR) is 150 cm³/mol. The van der Waals surface area contributed by atoms with E-state index in [2.05, 4.69) is 30.9 Å². The zero-order valence-corrected chi connectivity index (χ0v) is 25.1. The van der Waals surface area contributed by atoms with Crippen LogP contribution in [-0.4, -0.2) is 122 Å². The third-order valence-electron chi connectivity index (χ3n) is 8.35. The summed E-state index contributed by atoms with van der Waals surface area (Å²) < 4.78 is 26.2. The number of nitrogens with zero attached hydrogens (tertiary/aromatic N) is 6. The SMILES string of the molecule is CC(NC(=O)Cn1cnnn1)[C@H]1C(=O)N2C(C(=O)O)=C(S[C@@H]3CN[C@H](C(=O)N4C[C@H](N)C[C@H]4CNS(N)(=O)=O)C3)[C@H](C)[C@H]12. The maximum absolute atomic E-state index is 13.4. The Morgan fingerprint density at radius 3 is 2.70 bits per heavy atom. The Labute approximate surface area is 251 Å². The summed E-state index contributed by atoms with van der Waals surface area (Å²) in [7, 11) is -3.93. The molecule has 0 spiro atoms. The molecular formula is C23H35N11O7S2. The summed E-state index contributed by atoms with van der Waals surface area (Å²) in [6.45, 7) is 4.12. The summed E-state index contributed by atoms with van der Waals surface area (Å²) in [5, 5.41) is 31.6. The predicted octanol–water partition coefficient (Wildman–Crippen LogP) is -3.86. The number of aliphatic carboxylic acids is 1. The standard InChI is InChI=1S/C23H35N11O7S2/c1-10-18-17(11(2)29-16(35)8-32-9-27-30-31-32)22(37)34(18)19(23(38)39)20(10)42-14-4-15(26-6-14)21(36)33-7-12(24)3-13(33)5-28-43(25,40)41/h9-15,17-18,26,28H,3-8,24H2,1-2H3,(H,29,35)(H,38,39)(H2,25,40,41)/t10-,11?,12-,13+,14+,15+,17-,18-/m1/s1. The van der Waals surface area contributed by atoms with E-state index in [1.54, 1.807) is 11.8 Å². The lowest BCUT2D eigenvalue weighted by Crippen LogP contribution is -2.66. The molecule has 5 heterocycles. The van der Waals surface area contributed by atoms with Crippen molar-refractivity contribution in [2.75, 3.05) is 19.6 Å². The van der Waals surface area contributed by atoms with E-state index in [1.807, 2.05) is 6.92 Å². The van der Waals surface area contributed by atoms with Crippen molar-refractivity contribution in [3.63, 3.8) is 0 Å². The number of likely N-dealkylation sites (tertiary alicyclic amines) is 1. The second kappa shape index (κ2) is 12.1. The van der Waals surface area contributed by atoms with Gasteiger partial charge in [0, 0.05) is 53.8 Å². The van der Waals surface area contributed by atoms with Gasteiger partial charge in [-0.3, -0.25) is 14.4 Å². The van der Waals surface area contributed by atoms with E-state index in [0.717, 1.165) is 0 Å². The molecule has 3 saturated heterocycles. The number of carbonyl (C=O) groups is 4. The number of carboxylic acids is 1. The number of nitrogens with two attached hydrogens (primary N) is 2. The number of aromatic nitrogens is 4. The fourth-order valence-corrected chi connectivity index (χ4v) is 8.38. The summed E-state index contributed by atoms with van der Waals surface area (Å²) in [6, 6.07) is -2.29. The lowest BCUT2D eigenvalue weighted by atomic mass is 9.78. The third-order valence-corrected chi connectivity index (χ3v) is 10.4. The van der Waals surface area contributed by atoms with Crippen molar-refractivity contribution in [3.05, 3.63) is 16.9 Å². The smallest absolute Gasteiger partial charge is 0.353 e. The van der Waals surface area contributed by atoms with Crippen LogP contribution in [0.15, 0.2) is 16.9 Å². The van der Waals surface area contributed by atoms with Gasteiger partial charge in [0.05, 0.1) is 18.0 Å². The molecule has 8 N–H and O–H groups in total. The minimum atomic E-state index is -3.93. The van der Waals surface area contributed by atoms with E-state index in [4.69, 9.17) is 10.9 Å². The van der Waals surface area contributed by atoms with Gasteiger partial charge in [0.2, 0.25) is 17.7 Å². The molecule has 1 aromatic rings. The third kappa shape index (κ3) is 6.38. The Morgan fingerprint density at radius 1 is 1.30 bits per heavy atom. The molecule has 0 aliphatic carbocycles. The fourth-order valence-electron chi connectivity index (χ4n) is 6.48. The maximum atomic E-state index is 13.4. The van der Waals surface area contributed by atoms with Gasteiger partial charge < -0.3 is 31.3 Å². The van der Waals surface area contributed by atoms with Gasteiger partial charge in [0.1, 0.15) is 18.6 Å². The largest absolute Gasteiger partial charge is 0.477 e. The number of tetrazole rings is 1. The number of amides is 3. The quantitative estimate of drug-likeness (QED) is 0.127. The lowest BCUT2D eigenvalue weighted by molar-refractivity contribution is -0.158. The maximum Gasteiger partial charge on any atom is 0.353 e. The zero-order valence-electron chi connectivity index (χ0n) is 23.5. The van der Waals surface area contributed by atoms with Crippen molar-refractivity contribution >= 4 is 45.7 Å². The van der Waals surface area contributed by atoms with Gasteiger partial charge in [-0.1, -0.05) is 6.92 Å². The van der Waals surface area contributed by atoms with E-state index in [1.165, 1.54) is 27.7 Å². The normalized spacial score (nSPS) is 31.3. The van der Waals surface area contributed by atoms with Gasteiger partial charge in [-0.25, -0.2) is 19.3 Å². The molecule has 0 radical (unpaired) electrons. The number of rotatable bonds is 11. The Morgan fingerprint density at radius 2 is 2.05 bits per heavy atom. The molecule has 4 aliphatic heterocycles. The Balaban J connectivity index is 1.22. The number of β-lactam (4-membered cyclic amide) rings is 1. The van der Waals surface area contributed by atoms with Gasteiger partial charge in [-0.2, -0.15) is 8.42 Å². The van der Waals surface area contributed by atoms with Crippen molar-refractivity contribution in [3.8, 4) is 0 Å². The Hall–Kier alpha value is -3.17. The second-order valence-corrected chi connectivity index (χ2v) is 14.1. The molecule has 5 rings (SSSR count). The average molecular weight is 642 g/mol. The topological polar surface area (TPSA) is 261 Å². The molecule has 0 saturated carbocycles. The molecule has 4 aliphatic rings. The molecule has 18 nitrogen and oxygen atoms in total. The second-order valence-electron chi connectivity index (χ2n) is 11.4. The van der Waals surface area contributed by atoms with Crippen LogP contribution in [0.5, 0.6) is 0 Å². The molecule has 1 unspecified atom stereocenters. The van der Waals surface area contributed by atoms with E-state index in [-0.39, 0.29) is 60.3 Å². The van der Waals surface area contributed by atoms with Gasteiger partial charge in [-0.05, 0) is 30.2 Å². The van der Waals surface area contributed by atoms with Crippen LogP contribution in [0.4, 0.5) is 0 Å². The Kier molecular flexibility index (Phi) is 8.78. The highest BCUT2D eigenvalue weighted by Gasteiger charge is 2.60. The lowest BCUT2D eigenvalue weighted by Gasteiger charge is -2.47. The number of hydrogen-bond donors (Lipinski definition) is 6. The molecule has 8 atom stereocenters. The number of nitrogens with one attached hydrogen (secondary N) is 3. The van der Waals surface area contributed by atoms with Crippen LogP contribution in [0, 0.1) is 11.8 Å². The summed E-state index contributed by atoms with van der Waals surface area (Å²) >= 11 is 1.34. The van der Waals surface area contributed by atoms with Gasteiger partial charge in [0.15, 0.2) is 0 Å². The molecule has 1 aromatic heterocycles. The van der Waals surface area contributed by atoms with Crippen LogP contribution in [0.3, 0.4) is 0 Å². The van der Waals surface area contributed by atoms with Crippen LogP contribution >= 0.6 is 11.8 Å². The molecule has 236 valence electrons. The number of fused-ring (bicyclic) bond motifs is 1. The van der Waals surface area contributed by atoms with Gasteiger partial charge in [0.25, 0.3) is 10.2 Å². The molecular weight excluding hydrogens is 606 g/mol. The summed E-state index contributed by atoms with van der Waals surface area (Å²) in [5.74, 6) is -3.10. The monoisotopic (exact) mass is 641 g/mol. The summed E-state index contributed by atoms with van der Waals surface area (Å²) in [4.78, 5) is 54.8. The van der Waals surface area contributed by atoms with Crippen LogP contribution in [0.2, 0.25) is 0 Å². The fraction of sp³-hybridized carbons (Fsp3) is 0.696. The number of hydrogen-bond acceptors (Lipinski definition) is 12. The van der Waals surface area contributed by atoms with Crippen molar-refractivity contribution < 1.29 is 32.7 Å². The highest BCUT2D eigenvalue weighted by Crippen LogP contribution is 2.51. The van der Waals surface area contributed by atoms with Crippen molar-refractivity contribution in [2.45, 2.75) is 68.7 Å². The number of thioether (sulfide) groups is 1. The highest BCUT2D eigenvalue weighted by molar-refractivity contribution is 8.03.